The molecule has 0 saturated carbocycles. The maximum absolute atomic E-state index is 12.0. The lowest BCUT2D eigenvalue weighted by Crippen LogP contribution is -2.39. The number of benzene rings is 1. The molecule has 1 fully saturated rings. The van der Waals surface area contributed by atoms with Crippen LogP contribution in [0.3, 0.4) is 0 Å². The zero-order valence-corrected chi connectivity index (χ0v) is 11.1. The van der Waals surface area contributed by atoms with E-state index in [2.05, 4.69) is 5.32 Å². The van der Waals surface area contributed by atoms with Crippen LogP contribution in [0.5, 0.6) is 5.75 Å². The van der Waals surface area contributed by atoms with Gasteiger partial charge in [-0.25, -0.2) is 0 Å². The Balaban J connectivity index is 2.03. The Hall–Kier alpha value is -1.36. The standard InChI is InChI=1S/C13H17NO3S/c1-9-3-2-4-11(12(9)15)13(16)14-10-5-7-18(17)8-6-10/h2-4,10,15H,5-8H2,1H3,(H,14,16). The van der Waals surface area contributed by atoms with Crippen molar-refractivity contribution in [1.29, 1.82) is 0 Å². The van der Waals surface area contributed by atoms with Crippen molar-refractivity contribution in [2.75, 3.05) is 11.5 Å². The first kappa shape index (κ1) is 13.1. The zero-order valence-electron chi connectivity index (χ0n) is 10.3. The fraction of sp³-hybridized carbons (Fsp3) is 0.462. The molecule has 1 aromatic carbocycles. The number of aromatic hydroxyl groups is 1. The number of carbonyl (C=O) groups excluding carboxylic acids is 1. The van der Waals surface area contributed by atoms with Gasteiger partial charge in [0.05, 0.1) is 5.56 Å². The summed E-state index contributed by atoms with van der Waals surface area (Å²) in [6, 6.07) is 5.18. The van der Waals surface area contributed by atoms with E-state index in [-0.39, 0.29) is 17.7 Å². The summed E-state index contributed by atoms with van der Waals surface area (Å²) in [6.45, 7) is 1.76. The number of rotatable bonds is 2. The minimum atomic E-state index is -0.729. The number of amides is 1. The average molecular weight is 267 g/mol. The van der Waals surface area contributed by atoms with Crippen LogP contribution >= 0.6 is 0 Å². The van der Waals surface area contributed by atoms with Gasteiger partial charge in [-0.1, -0.05) is 12.1 Å². The molecule has 4 nitrogen and oxygen atoms in total. The maximum Gasteiger partial charge on any atom is 0.255 e. The van der Waals surface area contributed by atoms with Gasteiger partial charge in [0.1, 0.15) is 5.75 Å². The summed E-state index contributed by atoms with van der Waals surface area (Å²) in [4.78, 5) is 12.0. The quantitative estimate of drug-likeness (QED) is 0.850. The number of carbonyl (C=O) groups is 1. The van der Waals surface area contributed by atoms with E-state index in [0.717, 1.165) is 12.8 Å². The minimum absolute atomic E-state index is 0.0365. The smallest absolute Gasteiger partial charge is 0.255 e. The molecule has 1 amide bonds. The van der Waals surface area contributed by atoms with Crippen molar-refractivity contribution in [1.82, 2.24) is 5.32 Å². The molecule has 1 aromatic rings. The van der Waals surface area contributed by atoms with Gasteiger partial charge in [-0.15, -0.1) is 0 Å². The highest BCUT2D eigenvalue weighted by atomic mass is 32.2. The fourth-order valence-electron chi connectivity index (χ4n) is 2.04. The predicted octanol–water partition coefficient (Wildman–Crippen LogP) is 1.34. The fourth-order valence-corrected chi connectivity index (χ4v) is 3.34. The molecule has 0 bridgehead atoms. The summed E-state index contributed by atoms with van der Waals surface area (Å²) in [6.07, 6.45) is 1.48. The molecule has 98 valence electrons. The van der Waals surface area contributed by atoms with E-state index in [0.29, 0.717) is 22.6 Å². The Bertz CT molecular complexity index is 477. The van der Waals surface area contributed by atoms with Crippen molar-refractivity contribution in [2.45, 2.75) is 25.8 Å². The van der Waals surface area contributed by atoms with Crippen LogP contribution in [0.2, 0.25) is 0 Å². The van der Waals surface area contributed by atoms with Crippen molar-refractivity contribution >= 4 is 16.7 Å². The summed E-state index contributed by atoms with van der Waals surface area (Å²) in [7, 11) is -0.729. The van der Waals surface area contributed by atoms with Gasteiger partial charge in [-0.3, -0.25) is 9.00 Å². The monoisotopic (exact) mass is 267 g/mol. The van der Waals surface area contributed by atoms with Crippen molar-refractivity contribution < 1.29 is 14.1 Å². The number of phenolic OH excluding ortho intramolecular Hbond substituents is 1. The number of nitrogens with one attached hydrogen (secondary N) is 1. The predicted molar refractivity (Wildman–Crippen MR) is 71.2 cm³/mol. The molecule has 1 saturated heterocycles. The second kappa shape index (κ2) is 5.52. The summed E-state index contributed by atoms with van der Waals surface area (Å²) in [5, 5.41) is 12.7. The van der Waals surface area contributed by atoms with Crippen molar-refractivity contribution in [3.05, 3.63) is 29.3 Å². The molecule has 2 N–H and O–H groups in total. The first-order valence-electron chi connectivity index (χ1n) is 6.02. The summed E-state index contributed by atoms with van der Waals surface area (Å²) in [5.41, 5.74) is 0.995. The molecular formula is C13H17NO3S. The third-order valence-corrected chi connectivity index (χ3v) is 4.59. The van der Waals surface area contributed by atoms with Crippen LogP contribution in [0.25, 0.3) is 0 Å². The van der Waals surface area contributed by atoms with E-state index >= 15 is 0 Å². The molecule has 0 aliphatic carbocycles. The van der Waals surface area contributed by atoms with Gasteiger partial charge in [0, 0.05) is 28.3 Å². The van der Waals surface area contributed by atoms with Crippen LogP contribution in [0.4, 0.5) is 0 Å². The highest BCUT2D eigenvalue weighted by Crippen LogP contribution is 2.21. The molecular weight excluding hydrogens is 250 g/mol. The van der Waals surface area contributed by atoms with Crippen LogP contribution in [0.15, 0.2) is 18.2 Å². The topological polar surface area (TPSA) is 66.4 Å². The van der Waals surface area contributed by atoms with E-state index in [1.807, 2.05) is 0 Å². The summed E-state index contributed by atoms with van der Waals surface area (Å²) < 4.78 is 11.2. The molecule has 1 heterocycles. The highest BCUT2D eigenvalue weighted by molar-refractivity contribution is 7.85. The van der Waals surface area contributed by atoms with Gasteiger partial charge in [0.15, 0.2) is 0 Å². The number of phenols is 1. The normalized spacial score (nSPS) is 23.6. The van der Waals surface area contributed by atoms with Gasteiger partial charge in [0.25, 0.3) is 5.91 Å². The van der Waals surface area contributed by atoms with Crippen LogP contribution in [0, 0.1) is 6.92 Å². The van der Waals surface area contributed by atoms with Gasteiger partial charge in [0.2, 0.25) is 0 Å². The molecule has 2 rings (SSSR count). The second-order valence-electron chi connectivity index (χ2n) is 4.57. The Labute approximate surface area is 109 Å². The Morgan fingerprint density at radius 1 is 1.39 bits per heavy atom. The van der Waals surface area contributed by atoms with E-state index in [9.17, 15) is 14.1 Å². The third-order valence-electron chi connectivity index (χ3n) is 3.21. The van der Waals surface area contributed by atoms with Crippen molar-refractivity contribution in [3.63, 3.8) is 0 Å². The molecule has 1 aliphatic rings. The van der Waals surface area contributed by atoms with Crippen LogP contribution in [-0.2, 0) is 10.8 Å². The largest absolute Gasteiger partial charge is 0.507 e. The van der Waals surface area contributed by atoms with Gasteiger partial charge in [-0.2, -0.15) is 0 Å². The number of hydrogen-bond donors (Lipinski definition) is 2. The van der Waals surface area contributed by atoms with Gasteiger partial charge < -0.3 is 10.4 Å². The lowest BCUT2D eigenvalue weighted by atomic mass is 10.1. The number of hydrogen-bond acceptors (Lipinski definition) is 3. The molecule has 0 spiro atoms. The molecule has 0 aromatic heterocycles. The molecule has 1 aliphatic heterocycles. The third kappa shape index (κ3) is 2.90. The van der Waals surface area contributed by atoms with Crippen molar-refractivity contribution in [3.8, 4) is 5.75 Å². The van der Waals surface area contributed by atoms with E-state index in [1.54, 1.807) is 25.1 Å². The molecule has 0 radical (unpaired) electrons. The Morgan fingerprint density at radius 2 is 2.06 bits per heavy atom. The highest BCUT2D eigenvalue weighted by Gasteiger charge is 2.21. The van der Waals surface area contributed by atoms with Crippen molar-refractivity contribution in [2.24, 2.45) is 0 Å². The summed E-state index contributed by atoms with van der Waals surface area (Å²) >= 11 is 0. The Kier molecular flexibility index (Phi) is 4.01. The molecule has 0 atom stereocenters. The summed E-state index contributed by atoms with van der Waals surface area (Å²) in [5.74, 6) is 1.07. The minimum Gasteiger partial charge on any atom is -0.507 e. The molecule has 5 heteroatoms. The molecule has 18 heavy (non-hydrogen) atoms. The lowest BCUT2D eigenvalue weighted by Gasteiger charge is -2.22. The zero-order chi connectivity index (χ0) is 13.1. The van der Waals surface area contributed by atoms with E-state index in [4.69, 9.17) is 0 Å². The lowest BCUT2D eigenvalue weighted by molar-refractivity contribution is 0.0931. The number of para-hydroxylation sites is 1. The maximum atomic E-state index is 12.0. The van der Waals surface area contributed by atoms with E-state index in [1.165, 1.54) is 0 Å². The van der Waals surface area contributed by atoms with Crippen LogP contribution < -0.4 is 5.32 Å². The average Bonchev–Trinajstić information content (AvgIpc) is 2.35. The van der Waals surface area contributed by atoms with Gasteiger partial charge >= 0.3 is 0 Å². The van der Waals surface area contributed by atoms with Crippen LogP contribution in [0.1, 0.15) is 28.8 Å². The first-order chi connectivity index (χ1) is 8.58. The Morgan fingerprint density at radius 3 is 2.72 bits per heavy atom. The second-order valence-corrected chi connectivity index (χ2v) is 6.26. The van der Waals surface area contributed by atoms with Gasteiger partial charge in [-0.05, 0) is 31.4 Å². The number of aryl methyl sites for hydroxylation is 1. The molecule has 0 unspecified atom stereocenters. The first-order valence-corrected chi connectivity index (χ1v) is 7.51. The SMILES string of the molecule is Cc1cccc(C(=O)NC2CCS(=O)CC2)c1O. The van der Waals surface area contributed by atoms with E-state index < -0.39 is 10.8 Å². The van der Waals surface area contributed by atoms with Crippen LogP contribution in [-0.4, -0.2) is 32.8 Å².